The van der Waals surface area contributed by atoms with Gasteiger partial charge in [0.05, 0.1) is 6.61 Å². The summed E-state index contributed by atoms with van der Waals surface area (Å²) in [5, 5.41) is 6.17. The highest BCUT2D eigenvalue weighted by atomic mass is 35.5. The third-order valence-electron chi connectivity index (χ3n) is 3.00. The summed E-state index contributed by atoms with van der Waals surface area (Å²) in [5.41, 5.74) is 0.663. The molecule has 0 radical (unpaired) electrons. The number of halogens is 1. The van der Waals surface area contributed by atoms with Crippen molar-refractivity contribution in [3.63, 3.8) is 0 Å². The molecule has 1 rings (SSSR count). The molecule has 120 valence electrons. The second-order valence-corrected chi connectivity index (χ2v) is 4.90. The van der Waals surface area contributed by atoms with Crippen molar-refractivity contribution in [1.82, 2.24) is 10.6 Å². The lowest BCUT2D eigenvalue weighted by atomic mass is 10.2. The van der Waals surface area contributed by atoms with Crippen LogP contribution in [-0.4, -0.2) is 31.6 Å². The van der Waals surface area contributed by atoms with Crippen molar-refractivity contribution in [3.8, 4) is 5.75 Å². The number of nitrogens with one attached hydrogen (secondary N) is 2. The molecule has 1 aromatic carbocycles. The van der Waals surface area contributed by atoms with E-state index in [-0.39, 0.29) is 24.4 Å². The Labute approximate surface area is 134 Å². The zero-order valence-electron chi connectivity index (χ0n) is 13.1. The molecule has 0 saturated carbocycles. The molecule has 0 heterocycles. The summed E-state index contributed by atoms with van der Waals surface area (Å²) in [6, 6.07) is 7.57. The fraction of sp³-hybridized carbons (Fsp3) is 0.562. The molecule has 0 bridgehead atoms. The van der Waals surface area contributed by atoms with E-state index in [0.717, 1.165) is 31.7 Å². The minimum absolute atomic E-state index is 0. The van der Waals surface area contributed by atoms with Crippen molar-refractivity contribution in [3.05, 3.63) is 29.8 Å². The normalized spacial score (nSPS) is 11.4. The van der Waals surface area contributed by atoms with Crippen LogP contribution in [-0.2, 0) is 0 Å². The molecule has 0 aromatic heterocycles. The van der Waals surface area contributed by atoms with Crippen LogP contribution in [0.25, 0.3) is 0 Å². The lowest BCUT2D eigenvalue weighted by molar-refractivity contribution is 0.0950. The summed E-state index contributed by atoms with van der Waals surface area (Å²) in [6.07, 6.45) is 2.16. The molecule has 0 fully saturated rings. The summed E-state index contributed by atoms with van der Waals surface area (Å²) in [7, 11) is 0. The van der Waals surface area contributed by atoms with E-state index in [0.29, 0.717) is 12.1 Å². The maximum Gasteiger partial charge on any atom is 0.251 e. The van der Waals surface area contributed by atoms with Crippen LogP contribution in [0, 0.1) is 0 Å². The largest absolute Gasteiger partial charge is 0.494 e. The van der Waals surface area contributed by atoms with Crippen molar-refractivity contribution in [2.45, 2.75) is 39.7 Å². The van der Waals surface area contributed by atoms with Crippen molar-refractivity contribution >= 4 is 18.3 Å². The van der Waals surface area contributed by atoms with E-state index in [1.54, 1.807) is 12.1 Å². The number of ether oxygens (including phenoxy) is 1. The van der Waals surface area contributed by atoms with Crippen molar-refractivity contribution in [1.29, 1.82) is 0 Å². The third kappa shape index (κ3) is 7.93. The van der Waals surface area contributed by atoms with Gasteiger partial charge in [-0.1, -0.05) is 20.3 Å². The summed E-state index contributed by atoms with van der Waals surface area (Å²) in [5.74, 6) is 0.769. The highest BCUT2D eigenvalue weighted by Crippen LogP contribution is 2.12. The maximum absolute atomic E-state index is 11.9. The Kier molecular flexibility index (Phi) is 10.7. The molecule has 0 unspecified atom stereocenters. The van der Waals surface area contributed by atoms with Crippen LogP contribution in [0.4, 0.5) is 0 Å². The van der Waals surface area contributed by atoms with Gasteiger partial charge in [0, 0.05) is 18.2 Å². The summed E-state index contributed by atoms with van der Waals surface area (Å²) in [6.45, 7) is 8.49. The van der Waals surface area contributed by atoms with Gasteiger partial charge in [-0.05, 0) is 44.2 Å². The molecule has 5 heteroatoms. The van der Waals surface area contributed by atoms with Gasteiger partial charge in [0.15, 0.2) is 0 Å². The molecular formula is C16H27ClN2O2. The minimum atomic E-state index is -0.0464. The predicted molar refractivity (Wildman–Crippen MR) is 89.6 cm³/mol. The van der Waals surface area contributed by atoms with E-state index in [4.69, 9.17) is 4.74 Å². The Bertz CT molecular complexity index is 396. The number of likely N-dealkylation sites (N-methyl/N-ethyl adjacent to an activating group) is 1. The van der Waals surface area contributed by atoms with Gasteiger partial charge < -0.3 is 15.4 Å². The SMILES string of the molecule is CCCCOc1ccc(C(=O)NC[C@@H](C)NCC)cc1.Cl. The van der Waals surface area contributed by atoms with Gasteiger partial charge in [0.25, 0.3) is 5.91 Å². The molecule has 2 N–H and O–H groups in total. The molecule has 4 nitrogen and oxygen atoms in total. The number of hydrogen-bond acceptors (Lipinski definition) is 3. The molecule has 0 saturated heterocycles. The lowest BCUT2D eigenvalue weighted by Gasteiger charge is -2.13. The number of carbonyl (C=O) groups excluding carboxylic acids is 1. The second-order valence-electron chi connectivity index (χ2n) is 4.90. The topological polar surface area (TPSA) is 50.4 Å². The quantitative estimate of drug-likeness (QED) is 0.689. The van der Waals surface area contributed by atoms with Crippen LogP contribution in [0.15, 0.2) is 24.3 Å². The standard InChI is InChI=1S/C16H26N2O2.ClH/c1-4-6-11-20-15-9-7-14(8-10-15)16(19)18-12-13(3)17-5-2;/h7-10,13,17H,4-6,11-12H2,1-3H3,(H,18,19);1H/t13-;/m1./s1. The fourth-order valence-corrected chi connectivity index (χ4v) is 1.81. The minimum Gasteiger partial charge on any atom is -0.494 e. The first-order valence-electron chi connectivity index (χ1n) is 7.41. The number of benzene rings is 1. The Morgan fingerprint density at radius 3 is 2.48 bits per heavy atom. The van der Waals surface area contributed by atoms with Gasteiger partial charge in [-0.3, -0.25) is 4.79 Å². The zero-order chi connectivity index (χ0) is 14.8. The molecule has 0 aliphatic heterocycles. The first-order valence-corrected chi connectivity index (χ1v) is 7.41. The predicted octanol–water partition coefficient (Wildman–Crippen LogP) is 3.02. The molecule has 0 aliphatic rings. The molecule has 1 amide bonds. The van der Waals surface area contributed by atoms with Crippen molar-refractivity contribution < 1.29 is 9.53 Å². The van der Waals surface area contributed by atoms with Crippen molar-refractivity contribution in [2.24, 2.45) is 0 Å². The number of carbonyl (C=O) groups is 1. The summed E-state index contributed by atoms with van der Waals surface area (Å²) < 4.78 is 5.57. The summed E-state index contributed by atoms with van der Waals surface area (Å²) in [4.78, 5) is 11.9. The van der Waals surface area contributed by atoms with Crippen molar-refractivity contribution in [2.75, 3.05) is 19.7 Å². The Morgan fingerprint density at radius 2 is 1.90 bits per heavy atom. The Hall–Kier alpha value is -1.26. The van der Waals surface area contributed by atoms with E-state index >= 15 is 0 Å². The Morgan fingerprint density at radius 1 is 1.24 bits per heavy atom. The monoisotopic (exact) mass is 314 g/mol. The van der Waals surface area contributed by atoms with E-state index in [1.807, 2.05) is 12.1 Å². The van der Waals surface area contributed by atoms with Crippen LogP contribution < -0.4 is 15.4 Å². The highest BCUT2D eigenvalue weighted by molar-refractivity contribution is 5.94. The van der Waals surface area contributed by atoms with E-state index in [2.05, 4.69) is 31.4 Å². The highest BCUT2D eigenvalue weighted by Gasteiger charge is 2.07. The van der Waals surface area contributed by atoms with Crippen LogP contribution in [0.5, 0.6) is 5.75 Å². The number of amides is 1. The molecule has 0 aliphatic carbocycles. The van der Waals surface area contributed by atoms with Crippen LogP contribution in [0.1, 0.15) is 44.0 Å². The van der Waals surface area contributed by atoms with E-state index in [9.17, 15) is 4.79 Å². The van der Waals surface area contributed by atoms with Crippen LogP contribution >= 0.6 is 12.4 Å². The average Bonchev–Trinajstić information content (AvgIpc) is 2.46. The van der Waals surface area contributed by atoms with Gasteiger partial charge in [-0.25, -0.2) is 0 Å². The van der Waals surface area contributed by atoms with Gasteiger partial charge in [-0.2, -0.15) is 0 Å². The number of unbranched alkanes of at least 4 members (excludes halogenated alkanes) is 1. The van der Waals surface area contributed by atoms with E-state index in [1.165, 1.54) is 0 Å². The Balaban J connectivity index is 0.00000400. The second kappa shape index (κ2) is 11.4. The maximum atomic E-state index is 11.9. The molecule has 1 aromatic rings. The summed E-state index contributed by atoms with van der Waals surface area (Å²) >= 11 is 0. The smallest absolute Gasteiger partial charge is 0.251 e. The molecule has 21 heavy (non-hydrogen) atoms. The fourth-order valence-electron chi connectivity index (χ4n) is 1.81. The third-order valence-corrected chi connectivity index (χ3v) is 3.00. The molecule has 1 atom stereocenters. The van der Waals surface area contributed by atoms with Crippen LogP contribution in [0.2, 0.25) is 0 Å². The van der Waals surface area contributed by atoms with Crippen LogP contribution in [0.3, 0.4) is 0 Å². The number of rotatable bonds is 9. The first kappa shape index (κ1) is 19.7. The van der Waals surface area contributed by atoms with E-state index < -0.39 is 0 Å². The zero-order valence-corrected chi connectivity index (χ0v) is 14.0. The average molecular weight is 315 g/mol. The number of hydrogen-bond donors (Lipinski definition) is 2. The lowest BCUT2D eigenvalue weighted by Crippen LogP contribution is -2.38. The van der Waals surface area contributed by atoms with Gasteiger partial charge >= 0.3 is 0 Å². The molecule has 0 spiro atoms. The first-order chi connectivity index (χ1) is 9.67. The molecular weight excluding hydrogens is 288 g/mol. The van der Waals surface area contributed by atoms with Gasteiger partial charge in [0.1, 0.15) is 5.75 Å². The van der Waals surface area contributed by atoms with Gasteiger partial charge in [-0.15, -0.1) is 12.4 Å². The van der Waals surface area contributed by atoms with Gasteiger partial charge in [0.2, 0.25) is 0 Å².